The largest absolute Gasteiger partial charge is 0.501 e. The predicted octanol–water partition coefficient (Wildman–Crippen LogP) is 1.17. The second kappa shape index (κ2) is 4.93. The van der Waals surface area contributed by atoms with Gasteiger partial charge in [-0.3, -0.25) is 0 Å². The van der Waals surface area contributed by atoms with Gasteiger partial charge in [0.2, 0.25) is 0 Å². The first-order valence-electron chi connectivity index (χ1n) is 3.17. The lowest BCUT2D eigenvalue weighted by atomic mass is 10.3. The average Bonchev–Trinajstić information content (AvgIpc) is 1.81. The van der Waals surface area contributed by atoms with Crippen molar-refractivity contribution in [3.63, 3.8) is 0 Å². The lowest BCUT2D eigenvalue weighted by molar-refractivity contribution is 0.484. The molecule has 0 aliphatic carbocycles. The van der Waals surface area contributed by atoms with Gasteiger partial charge < -0.3 is 10.4 Å². The van der Waals surface area contributed by atoms with Crippen molar-refractivity contribution >= 4 is 29.9 Å². The summed E-state index contributed by atoms with van der Waals surface area (Å²) >= 11 is 8.60. The van der Waals surface area contributed by atoms with Crippen molar-refractivity contribution in [1.82, 2.24) is 5.32 Å². The molecule has 1 atom stereocenters. The summed E-state index contributed by atoms with van der Waals surface area (Å²) in [5.74, 6) is 0.535. The fourth-order valence-corrected chi connectivity index (χ4v) is 1.16. The van der Waals surface area contributed by atoms with Crippen LogP contribution in [0.2, 0.25) is 0 Å². The molecule has 0 aromatic rings. The summed E-state index contributed by atoms with van der Waals surface area (Å²) in [6.07, 6.45) is 0. The number of aliphatic hydroxyl groups excluding tert-OH is 1. The third-order valence-corrected chi connectivity index (χ3v) is 1.66. The highest BCUT2D eigenvalue weighted by molar-refractivity contribution is 7.81. The van der Waals surface area contributed by atoms with Crippen LogP contribution in [0.5, 0.6) is 0 Å². The van der Waals surface area contributed by atoms with Crippen molar-refractivity contribution in [2.45, 2.75) is 25.9 Å². The molecule has 0 aromatic carbocycles. The molecule has 0 rings (SSSR count). The van der Waals surface area contributed by atoms with E-state index >= 15 is 0 Å². The zero-order valence-corrected chi connectivity index (χ0v) is 7.88. The van der Waals surface area contributed by atoms with E-state index in [0.29, 0.717) is 11.8 Å². The number of hydrogen-bond donors (Lipinski definition) is 3. The molecule has 0 unspecified atom stereocenters. The summed E-state index contributed by atoms with van der Waals surface area (Å²) in [7, 11) is 0. The molecular formula is C6H13NOS2. The van der Waals surface area contributed by atoms with Crippen LogP contribution in [0.4, 0.5) is 0 Å². The zero-order chi connectivity index (χ0) is 8.15. The van der Waals surface area contributed by atoms with Gasteiger partial charge >= 0.3 is 0 Å². The average molecular weight is 179 g/mol. The monoisotopic (exact) mass is 179 g/mol. The van der Waals surface area contributed by atoms with Crippen LogP contribution >= 0.6 is 24.8 Å². The third kappa shape index (κ3) is 4.09. The van der Waals surface area contributed by atoms with Crippen LogP contribution in [0.25, 0.3) is 0 Å². The third-order valence-electron chi connectivity index (χ3n) is 1.02. The summed E-state index contributed by atoms with van der Waals surface area (Å²) in [5, 5.41) is 11.9. The van der Waals surface area contributed by atoms with Gasteiger partial charge in [0.15, 0.2) is 5.05 Å². The van der Waals surface area contributed by atoms with Gasteiger partial charge in [-0.15, -0.1) is 0 Å². The van der Waals surface area contributed by atoms with E-state index in [0.717, 1.165) is 0 Å². The summed E-state index contributed by atoms with van der Waals surface area (Å²) in [6.45, 7) is 3.99. The summed E-state index contributed by atoms with van der Waals surface area (Å²) in [6, 6.07) is 0.167. The molecule has 0 aromatic heterocycles. The van der Waals surface area contributed by atoms with Gasteiger partial charge in [0.25, 0.3) is 0 Å². The van der Waals surface area contributed by atoms with Crippen LogP contribution in [-0.2, 0) is 0 Å². The van der Waals surface area contributed by atoms with E-state index in [2.05, 4.69) is 30.2 Å². The molecule has 0 aliphatic heterocycles. The Morgan fingerprint density at radius 1 is 1.70 bits per heavy atom. The van der Waals surface area contributed by atoms with Crippen LogP contribution in [0.1, 0.15) is 13.8 Å². The Labute approximate surface area is 72.4 Å². The SMILES string of the molecule is CC(C)N[C@@H](CS)C(O)=S. The van der Waals surface area contributed by atoms with Crippen LogP contribution in [-0.4, -0.2) is 28.0 Å². The van der Waals surface area contributed by atoms with Crippen molar-refractivity contribution in [3.8, 4) is 0 Å². The minimum Gasteiger partial charge on any atom is -0.501 e. The van der Waals surface area contributed by atoms with E-state index in [1.54, 1.807) is 0 Å². The number of hydrogen-bond acceptors (Lipinski definition) is 3. The number of rotatable bonds is 4. The van der Waals surface area contributed by atoms with E-state index in [9.17, 15) is 0 Å². The van der Waals surface area contributed by atoms with E-state index in [-0.39, 0.29) is 11.1 Å². The minimum absolute atomic E-state index is 0.0105. The Bertz CT molecular complexity index is 116. The highest BCUT2D eigenvalue weighted by Crippen LogP contribution is 1.92. The Balaban J connectivity index is 3.72. The Morgan fingerprint density at radius 3 is 2.30 bits per heavy atom. The first kappa shape index (κ1) is 10.2. The van der Waals surface area contributed by atoms with E-state index in [1.165, 1.54) is 0 Å². The maximum absolute atomic E-state index is 8.88. The van der Waals surface area contributed by atoms with Crippen LogP contribution in [0.3, 0.4) is 0 Å². The summed E-state index contributed by atoms with van der Waals surface area (Å²) in [4.78, 5) is 0. The maximum atomic E-state index is 8.88. The maximum Gasteiger partial charge on any atom is 0.174 e. The second-order valence-corrected chi connectivity index (χ2v) is 3.18. The molecular weight excluding hydrogens is 166 g/mol. The first-order chi connectivity index (χ1) is 4.57. The molecule has 2 N–H and O–H groups in total. The second-order valence-electron chi connectivity index (χ2n) is 2.39. The fraction of sp³-hybridized carbons (Fsp3) is 0.833. The van der Waals surface area contributed by atoms with Crippen molar-refractivity contribution in [2.75, 3.05) is 5.75 Å². The minimum atomic E-state index is -0.154. The van der Waals surface area contributed by atoms with E-state index < -0.39 is 0 Å². The first-order valence-corrected chi connectivity index (χ1v) is 4.21. The molecule has 0 saturated heterocycles. The van der Waals surface area contributed by atoms with E-state index in [1.807, 2.05) is 13.8 Å². The van der Waals surface area contributed by atoms with Crippen LogP contribution < -0.4 is 5.32 Å². The number of thiocarbonyl (C=S) groups is 1. The molecule has 0 radical (unpaired) electrons. The highest BCUT2D eigenvalue weighted by Gasteiger charge is 2.11. The zero-order valence-electron chi connectivity index (χ0n) is 6.16. The molecule has 60 valence electrons. The molecule has 0 saturated carbocycles. The van der Waals surface area contributed by atoms with Gasteiger partial charge in [-0.1, -0.05) is 13.8 Å². The van der Waals surface area contributed by atoms with Crippen molar-refractivity contribution < 1.29 is 5.11 Å². The van der Waals surface area contributed by atoms with Gasteiger partial charge in [-0.25, -0.2) is 0 Å². The summed E-state index contributed by atoms with van der Waals surface area (Å²) in [5.41, 5.74) is 0. The van der Waals surface area contributed by atoms with Gasteiger partial charge in [0.05, 0.1) is 6.04 Å². The van der Waals surface area contributed by atoms with Crippen molar-refractivity contribution in [2.24, 2.45) is 0 Å². The van der Waals surface area contributed by atoms with Gasteiger partial charge in [-0.05, 0) is 12.2 Å². The van der Waals surface area contributed by atoms with Crippen molar-refractivity contribution in [1.29, 1.82) is 0 Å². The molecule has 0 aliphatic rings. The smallest absolute Gasteiger partial charge is 0.174 e. The van der Waals surface area contributed by atoms with Gasteiger partial charge in [0, 0.05) is 11.8 Å². The Morgan fingerprint density at radius 2 is 2.20 bits per heavy atom. The molecule has 0 amide bonds. The van der Waals surface area contributed by atoms with E-state index in [4.69, 9.17) is 5.11 Å². The van der Waals surface area contributed by atoms with Gasteiger partial charge in [0.1, 0.15) is 0 Å². The predicted molar refractivity (Wildman–Crippen MR) is 51.1 cm³/mol. The summed E-state index contributed by atoms with van der Waals surface area (Å²) < 4.78 is 0. The standard InChI is InChI=1S/C6H13NOS2/c1-4(2)7-5(3-9)6(8)10/h4-5,7,9H,3H2,1-2H3,(H,8,10)/t5-/m0/s1. The van der Waals surface area contributed by atoms with Crippen molar-refractivity contribution in [3.05, 3.63) is 0 Å². The topological polar surface area (TPSA) is 32.3 Å². The molecule has 0 heterocycles. The molecule has 0 spiro atoms. The Kier molecular flexibility index (Phi) is 5.03. The highest BCUT2D eigenvalue weighted by atomic mass is 32.1. The number of aliphatic hydroxyl groups is 1. The number of thiol groups is 1. The van der Waals surface area contributed by atoms with Crippen LogP contribution in [0.15, 0.2) is 0 Å². The molecule has 0 bridgehead atoms. The molecule has 10 heavy (non-hydrogen) atoms. The quantitative estimate of drug-likeness (QED) is 0.447. The number of nitrogens with one attached hydrogen (secondary N) is 1. The Hall–Kier alpha value is 0.200. The van der Waals surface area contributed by atoms with Crippen LogP contribution in [0, 0.1) is 0 Å². The lowest BCUT2D eigenvalue weighted by Crippen LogP contribution is -2.41. The molecule has 2 nitrogen and oxygen atoms in total. The normalized spacial score (nSPS) is 13.6. The molecule has 0 fully saturated rings. The fourth-order valence-electron chi connectivity index (χ4n) is 0.604. The lowest BCUT2D eigenvalue weighted by Gasteiger charge is -2.16. The van der Waals surface area contributed by atoms with Gasteiger partial charge in [-0.2, -0.15) is 12.6 Å². The molecule has 4 heteroatoms.